The summed E-state index contributed by atoms with van der Waals surface area (Å²) in [6, 6.07) is 14.8. The van der Waals surface area contributed by atoms with Crippen molar-refractivity contribution in [1.82, 2.24) is 4.98 Å². The maximum absolute atomic E-state index is 13.2. The standard InChI is InChI=1S/C25H28N2O5/c1-17-9-8-10-20(18(17)2)32-16-24(28)27(23-11-6-7-12-26-23)15-19-13-21(29-3)25(31-5)22(14-19)30-4/h6-14H,15-16H2,1-5H3. The molecular weight excluding hydrogens is 408 g/mol. The highest BCUT2D eigenvalue weighted by Crippen LogP contribution is 2.38. The van der Waals surface area contributed by atoms with Crippen molar-refractivity contribution in [3.63, 3.8) is 0 Å². The van der Waals surface area contributed by atoms with Gasteiger partial charge in [0.1, 0.15) is 11.6 Å². The smallest absolute Gasteiger partial charge is 0.266 e. The van der Waals surface area contributed by atoms with Crippen LogP contribution in [0.1, 0.15) is 16.7 Å². The molecule has 0 atom stereocenters. The van der Waals surface area contributed by atoms with Gasteiger partial charge in [0.25, 0.3) is 5.91 Å². The molecule has 168 valence electrons. The molecule has 0 aliphatic carbocycles. The molecule has 2 aromatic carbocycles. The molecule has 0 aliphatic rings. The molecule has 3 aromatic rings. The third-order valence-electron chi connectivity index (χ3n) is 5.20. The number of pyridine rings is 1. The zero-order chi connectivity index (χ0) is 23.1. The topological polar surface area (TPSA) is 70.1 Å². The highest BCUT2D eigenvalue weighted by atomic mass is 16.5. The molecule has 32 heavy (non-hydrogen) atoms. The number of carbonyl (C=O) groups excluding carboxylic acids is 1. The van der Waals surface area contributed by atoms with Gasteiger partial charge in [-0.2, -0.15) is 0 Å². The van der Waals surface area contributed by atoms with E-state index in [0.717, 1.165) is 16.7 Å². The highest BCUT2D eigenvalue weighted by molar-refractivity contribution is 5.93. The van der Waals surface area contributed by atoms with Crippen molar-refractivity contribution in [2.45, 2.75) is 20.4 Å². The van der Waals surface area contributed by atoms with Crippen molar-refractivity contribution in [2.75, 3.05) is 32.8 Å². The van der Waals surface area contributed by atoms with Crippen LogP contribution in [-0.2, 0) is 11.3 Å². The zero-order valence-electron chi connectivity index (χ0n) is 19.0. The fourth-order valence-corrected chi connectivity index (χ4v) is 3.32. The summed E-state index contributed by atoms with van der Waals surface area (Å²) in [5.41, 5.74) is 2.91. The normalized spacial score (nSPS) is 10.4. The zero-order valence-corrected chi connectivity index (χ0v) is 19.0. The van der Waals surface area contributed by atoms with Gasteiger partial charge in [-0.1, -0.05) is 18.2 Å². The Balaban J connectivity index is 1.89. The fraction of sp³-hybridized carbons (Fsp3) is 0.280. The molecule has 0 N–H and O–H groups in total. The summed E-state index contributed by atoms with van der Waals surface area (Å²) in [4.78, 5) is 19.2. The van der Waals surface area contributed by atoms with Crippen LogP contribution in [0.15, 0.2) is 54.7 Å². The van der Waals surface area contributed by atoms with Crippen LogP contribution in [0.3, 0.4) is 0 Å². The number of aryl methyl sites for hydroxylation is 1. The number of ether oxygens (including phenoxy) is 4. The van der Waals surface area contributed by atoms with Crippen molar-refractivity contribution in [3.8, 4) is 23.0 Å². The summed E-state index contributed by atoms with van der Waals surface area (Å²) in [7, 11) is 4.66. The van der Waals surface area contributed by atoms with Crippen LogP contribution in [-0.4, -0.2) is 38.8 Å². The predicted octanol–water partition coefficient (Wildman–Crippen LogP) is 4.34. The van der Waals surface area contributed by atoms with Crippen LogP contribution in [0.2, 0.25) is 0 Å². The number of methoxy groups -OCH3 is 3. The predicted molar refractivity (Wildman–Crippen MR) is 123 cm³/mol. The Morgan fingerprint density at radius 1 is 0.906 bits per heavy atom. The number of nitrogens with zero attached hydrogens (tertiary/aromatic N) is 2. The van der Waals surface area contributed by atoms with Crippen molar-refractivity contribution in [2.24, 2.45) is 0 Å². The third kappa shape index (κ3) is 5.11. The van der Waals surface area contributed by atoms with E-state index in [1.165, 1.54) is 0 Å². The molecule has 0 aliphatic heterocycles. The van der Waals surface area contributed by atoms with Crippen molar-refractivity contribution >= 4 is 11.7 Å². The van der Waals surface area contributed by atoms with E-state index in [1.807, 2.05) is 50.2 Å². The molecule has 0 bridgehead atoms. The van der Waals surface area contributed by atoms with E-state index < -0.39 is 0 Å². The Morgan fingerprint density at radius 3 is 2.22 bits per heavy atom. The summed E-state index contributed by atoms with van der Waals surface area (Å²) in [5.74, 6) is 2.51. The maximum atomic E-state index is 13.2. The van der Waals surface area contributed by atoms with Crippen LogP contribution < -0.4 is 23.8 Å². The number of hydrogen-bond acceptors (Lipinski definition) is 6. The number of rotatable bonds is 9. The first-order valence-corrected chi connectivity index (χ1v) is 10.2. The number of hydrogen-bond donors (Lipinski definition) is 0. The quantitative estimate of drug-likeness (QED) is 0.497. The lowest BCUT2D eigenvalue weighted by Crippen LogP contribution is -2.35. The molecular formula is C25H28N2O5. The van der Waals surface area contributed by atoms with Gasteiger partial charge in [-0.05, 0) is 60.9 Å². The van der Waals surface area contributed by atoms with Gasteiger partial charge in [0, 0.05) is 6.20 Å². The van der Waals surface area contributed by atoms with E-state index in [1.54, 1.807) is 44.6 Å². The first-order chi connectivity index (χ1) is 15.5. The first kappa shape index (κ1) is 22.9. The maximum Gasteiger partial charge on any atom is 0.266 e. The summed E-state index contributed by atoms with van der Waals surface area (Å²) < 4.78 is 22.1. The SMILES string of the molecule is COc1cc(CN(C(=O)COc2cccc(C)c2C)c2ccccn2)cc(OC)c1OC. The molecule has 1 amide bonds. The summed E-state index contributed by atoms with van der Waals surface area (Å²) in [6.07, 6.45) is 1.65. The fourth-order valence-electron chi connectivity index (χ4n) is 3.32. The van der Waals surface area contributed by atoms with Gasteiger partial charge in [0.2, 0.25) is 5.75 Å². The van der Waals surface area contributed by atoms with Crippen LogP contribution in [0.4, 0.5) is 5.82 Å². The van der Waals surface area contributed by atoms with Crippen molar-refractivity contribution in [3.05, 3.63) is 71.4 Å². The van der Waals surface area contributed by atoms with E-state index in [0.29, 0.717) is 28.8 Å². The lowest BCUT2D eigenvalue weighted by molar-refractivity contribution is -0.120. The largest absolute Gasteiger partial charge is 0.493 e. The molecule has 0 fully saturated rings. The Morgan fingerprint density at radius 2 is 1.62 bits per heavy atom. The lowest BCUT2D eigenvalue weighted by Gasteiger charge is -2.23. The molecule has 0 saturated carbocycles. The minimum absolute atomic E-state index is 0.120. The average Bonchev–Trinajstić information content (AvgIpc) is 2.83. The second kappa shape index (κ2) is 10.5. The van der Waals surface area contributed by atoms with Gasteiger partial charge in [0.05, 0.1) is 27.9 Å². The number of anilines is 1. The van der Waals surface area contributed by atoms with E-state index in [9.17, 15) is 4.79 Å². The van der Waals surface area contributed by atoms with E-state index in [-0.39, 0.29) is 19.1 Å². The van der Waals surface area contributed by atoms with Gasteiger partial charge < -0.3 is 18.9 Å². The number of amides is 1. The number of aromatic nitrogens is 1. The van der Waals surface area contributed by atoms with Gasteiger partial charge in [-0.25, -0.2) is 4.98 Å². The minimum atomic E-state index is -0.224. The number of benzene rings is 2. The molecule has 0 spiro atoms. The van der Waals surface area contributed by atoms with Crippen LogP contribution in [0.25, 0.3) is 0 Å². The van der Waals surface area contributed by atoms with Crippen LogP contribution in [0, 0.1) is 13.8 Å². The van der Waals surface area contributed by atoms with Gasteiger partial charge >= 0.3 is 0 Å². The summed E-state index contributed by atoms with van der Waals surface area (Å²) in [6.45, 7) is 4.12. The summed E-state index contributed by atoms with van der Waals surface area (Å²) in [5, 5.41) is 0. The second-order valence-electron chi connectivity index (χ2n) is 7.19. The molecule has 7 nitrogen and oxygen atoms in total. The summed E-state index contributed by atoms with van der Waals surface area (Å²) >= 11 is 0. The van der Waals surface area contributed by atoms with Crippen LogP contribution in [0.5, 0.6) is 23.0 Å². The minimum Gasteiger partial charge on any atom is -0.493 e. The molecule has 0 unspecified atom stereocenters. The monoisotopic (exact) mass is 436 g/mol. The van der Waals surface area contributed by atoms with Crippen molar-refractivity contribution in [1.29, 1.82) is 0 Å². The highest BCUT2D eigenvalue weighted by Gasteiger charge is 2.21. The molecule has 0 radical (unpaired) electrons. The molecule has 7 heteroatoms. The Labute approximate surface area is 188 Å². The van der Waals surface area contributed by atoms with E-state index in [4.69, 9.17) is 18.9 Å². The van der Waals surface area contributed by atoms with Crippen LogP contribution >= 0.6 is 0 Å². The molecule has 0 saturated heterocycles. The Bertz CT molecular complexity index is 1040. The van der Waals surface area contributed by atoms with Gasteiger partial charge in [-0.3, -0.25) is 9.69 Å². The number of carbonyl (C=O) groups is 1. The second-order valence-corrected chi connectivity index (χ2v) is 7.19. The molecule has 1 aromatic heterocycles. The molecule has 1 heterocycles. The van der Waals surface area contributed by atoms with Crippen molar-refractivity contribution < 1.29 is 23.7 Å². The van der Waals surface area contributed by atoms with Gasteiger partial charge in [0.15, 0.2) is 18.1 Å². The lowest BCUT2D eigenvalue weighted by atomic mass is 10.1. The Kier molecular flexibility index (Phi) is 7.54. The van der Waals surface area contributed by atoms with Gasteiger partial charge in [-0.15, -0.1) is 0 Å². The molecule has 3 rings (SSSR count). The third-order valence-corrected chi connectivity index (χ3v) is 5.20. The van der Waals surface area contributed by atoms with E-state index in [2.05, 4.69) is 4.98 Å². The first-order valence-electron chi connectivity index (χ1n) is 10.2. The average molecular weight is 437 g/mol. The Hall–Kier alpha value is -3.74. The van der Waals surface area contributed by atoms with E-state index >= 15 is 0 Å².